The molecule has 1 N–H and O–H groups in total. The van der Waals surface area contributed by atoms with Gasteiger partial charge in [-0.15, -0.1) is 0 Å². The second-order valence-corrected chi connectivity index (χ2v) is 6.49. The molecule has 1 aromatic rings. The van der Waals surface area contributed by atoms with Crippen LogP contribution in [0.1, 0.15) is 52.4 Å². The number of halogens is 1. The molecule has 5 nitrogen and oxygen atoms in total. The van der Waals surface area contributed by atoms with E-state index in [0.29, 0.717) is 5.75 Å². The van der Waals surface area contributed by atoms with Gasteiger partial charge in [0.25, 0.3) is 5.91 Å². The molecule has 1 aliphatic carbocycles. The van der Waals surface area contributed by atoms with Crippen LogP contribution in [0.4, 0.5) is 4.39 Å². The van der Waals surface area contributed by atoms with E-state index in [0.717, 1.165) is 25.7 Å². The number of carbonyl (C=O) groups excluding carboxylic acids is 2. The molecule has 0 saturated heterocycles. The Kier molecular flexibility index (Phi) is 7.22. The Bertz CT molecular complexity index is 567. The van der Waals surface area contributed by atoms with Crippen LogP contribution in [0.5, 0.6) is 5.75 Å². The van der Waals surface area contributed by atoms with E-state index in [1.807, 2.05) is 0 Å². The fraction of sp³-hybridized carbons (Fsp3) is 0.579. The molecule has 138 valence electrons. The summed E-state index contributed by atoms with van der Waals surface area (Å²) in [7, 11) is 0. The summed E-state index contributed by atoms with van der Waals surface area (Å²) in [4.78, 5) is 24.3. The number of rotatable bonds is 6. The van der Waals surface area contributed by atoms with Gasteiger partial charge >= 0.3 is 5.97 Å². The normalized spacial score (nSPS) is 17.9. The molecule has 0 radical (unpaired) electrons. The molecule has 1 aromatic carbocycles. The first-order valence-corrected chi connectivity index (χ1v) is 8.89. The highest BCUT2D eigenvalue weighted by Gasteiger charge is 2.25. The van der Waals surface area contributed by atoms with Crippen molar-refractivity contribution in [1.29, 1.82) is 0 Å². The van der Waals surface area contributed by atoms with E-state index < -0.39 is 18.2 Å². The number of nitrogens with one attached hydrogen (secondary N) is 1. The van der Waals surface area contributed by atoms with Gasteiger partial charge in [0.05, 0.1) is 0 Å². The van der Waals surface area contributed by atoms with Gasteiger partial charge in [-0.3, -0.25) is 4.79 Å². The second-order valence-electron chi connectivity index (χ2n) is 6.49. The zero-order chi connectivity index (χ0) is 18.2. The van der Waals surface area contributed by atoms with E-state index in [-0.39, 0.29) is 17.8 Å². The number of hydrogen-bond acceptors (Lipinski definition) is 4. The van der Waals surface area contributed by atoms with Gasteiger partial charge in [-0.1, -0.05) is 25.7 Å². The lowest BCUT2D eigenvalue weighted by atomic mass is 10.1. The Hall–Kier alpha value is -2.11. The molecule has 2 atom stereocenters. The van der Waals surface area contributed by atoms with Crippen LogP contribution in [-0.4, -0.2) is 30.1 Å². The van der Waals surface area contributed by atoms with Crippen molar-refractivity contribution in [3.63, 3.8) is 0 Å². The minimum Gasteiger partial charge on any atom is -0.479 e. The molecule has 6 heteroatoms. The van der Waals surface area contributed by atoms with Gasteiger partial charge in [-0.2, -0.15) is 0 Å². The summed E-state index contributed by atoms with van der Waals surface area (Å²) in [6.07, 6.45) is 4.80. The zero-order valence-electron chi connectivity index (χ0n) is 14.8. The summed E-state index contributed by atoms with van der Waals surface area (Å²) in [6, 6.07) is 5.51. The minimum atomic E-state index is -0.890. The highest BCUT2D eigenvalue weighted by atomic mass is 19.1. The molecule has 2 rings (SSSR count). The van der Waals surface area contributed by atoms with Gasteiger partial charge in [0, 0.05) is 6.04 Å². The Morgan fingerprint density at radius 2 is 1.64 bits per heavy atom. The molecule has 0 unspecified atom stereocenters. The molecule has 1 aliphatic rings. The summed E-state index contributed by atoms with van der Waals surface area (Å²) in [5.74, 6) is -0.935. The van der Waals surface area contributed by atoms with Gasteiger partial charge < -0.3 is 14.8 Å². The summed E-state index contributed by atoms with van der Waals surface area (Å²) in [6.45, 7) is 3.08. The maximum Gasteiger partial charge on any atom is 0.347 e. The van der Waals surface area contributed by atoms with Crippen molar-refractivity contribution < 1.29 is 23.5 Å². The molecule has 0 aromatic heterocycles. The minimum absolute atomic E-state index is 0.157. The largest absolute Gasteiger partial charge is 0.479 e. The number of ether oxygens (including phenoxy) is 2. The Labute approximate surface area is 147 Å². The SMILES string of the molecule is C[C@H](OC(=O)[C@@H](C)Oc1ccc(F)cc1)C(=O)NC1CCCCCC1. The fourth-order valence-corrected chi connectivity index (χ4v) is 2.83. The summed E-state index contributed by atoms with van der Waals surface area (Å²) in [5, 5.41) is 2.96. The number of esters is 1. The molecular weight excluding hydrogens is 325 g/mol. The van der Waals surface area contributed by atoms with Gasteiger partial charge in [0.15, 0.2) is 12.2 Å². The molecule has 0 aliphatic heterocycles. The summed E-state index contributed by atoms with van der Waals surface area (Å²) < 4.78 is 23.5. The van der Waals surface area contributed by atoms with E-state index in [9.17, 15) is 14.0 Å². The van der Waals surface area contributed by atoms with Crippen LogP contribution in [0.25, 0.3) is 0 Å². The standard InChI is InChI=1S/C19H26FNO4/c1-13(18(22)21-16-7-5-3-4-6-8-16)25-19(23)14(2)24-17-11-9-15(20)10-12-17/h9-14,16H,3-8H2,1-2H3,(H,21,22)/t13-,14+/m0/s1. The molecule has 25 heavy (non-hydrogen) atoms. The number of hydrogen-bond donors (Lipinski definition) is 1. The molecule has 1 fully saturated rings. The van der Waals surface area contributed by atoms with Gasteiger partial charge in [-0.05, 0) is 51.0 Å². The third-order valence-corrected chi connectivity index (χ3v) is 4.32. The predicted molar refractivity (Wildman–Crippen MR) is 91.7 cm³/mol. The zero-order valence-corrected chi connectivity index (χ0v) is 14.8. The quantitative estimate of drug-likeness (QED) is 0.630. The van der Waals surface area contributed by atoms with Crippen LogP contribution in [0, 0.1) is 5.82 Å². The average Bonchev–Trinajstić information content (AvgIpc) is 2.85. The van der Waals surface area contributed by atoms with Crippen molar-refractivity contribution in [1.82, 2.24) is 5.32 Å². The molecule has 0 spiro atoms. The van der Waals surface area contributed by atoms with E-state index >= 15 is 0 Å². The smallest absolute Gasteiger partial charge is 0.347 e. The Balaban J connectivity index is 1.79. The lowest BCUT2D eigenvalue weighted by Crippen LogP contribution is -2.43. The first-order chi connectivity index (χ1) is 12.0. The summed E-state index contributed by atoms with van der Waals surface area (Å²) in [5.41, 5.74) is 0. The van der Waals surface area contributed by atoms with Crippen LogP contribution in [0.3, 0.4) is 0 Å². The number of amides is 1. The Morgan fingerprint density at radius 1 is 1.04 bits per heavy atom. The number of benzene rings is 1. The lowest BCUT2D eigenvalue weighted by molar-refractivity contribution is -0.161. The van der Waals surface area contributed by atoms with Gasteiger partial charge in [0.1, 0.15) is 11.6 Å². The van der Waals surface area contributed by atoms with E-state index in [4.69, 9.17) is 9.47 Å². The first kappa shape index (κ1) is 19.2. The van der Waals surface area contributed by atoms with Crippen LogP contribution < -0.4 is 10.1 Å². The van der Waals surface area contributed by atoms with Crippen molar-refractivity contribution in [3.8, 4) is 5.75 Å². The molecule has 0 heterocycles. The van der Waals surface area contributed by atoms with Crippen LogP contribution in [0.15, 0.2) is 24.3 Å². The van der Waals surface area contributed by atoms with Crippen molar-refractivity contribution in [2.45, 2.75) is 70.6 Å². The van der Waals surface area contributed by atoms with Gasteiger partial charge in [-0.25, -0.2) is 9.18 Å². The maximum absolute atomic E-state index is 12.9. The van der Waals surface area contributed by atoms with Crippen molar-refractivity contribution in [2.24, 2.45) is 0 Å². The molecular formula is C19H26FNO4. The van der Waals surface area contributed by atoms with E-state index in [1.54, 1.807) is 6.92 Å². The molecule has 1 saturated carbocycles. The van der Waals surface area contributed by atoms with Crippen LogP contribution in [0.2, 0.25) is 0 Å². The van der Waals surface area contributed by atoms with Crippen molar-refractivity contribution in [2.75, 3.05) is 0 Å². The lowest BCUT2D eigenvalue weighted by Gasteiger charge is -2.21. The van der Waals surface area contributed by atoms with Crippen LogP contribution in [-0.2, 0) is 14.3 Å². The topological polar surface area (TPSA) is 64.6 Å². The fourth-order valence-electron chi connectivity index (χ4n) is 2.83. The van der Waals surface area contributed by atoms with Crippen molar-refractivity contribution in [3.05, 3.63) is 30.1 Å². The maximum atomic E-state index is 12.9. The van der Waals surface area contributed by atoms with E-state index in [1.165, 1.54) is 44.0 Å². The predicted octanol–water partition coefficient (Wildman–Crippen LogP) is 3.36. The van der Waals surface area contributed by atoms with E-state index in [2.05, 4.69) is 5.32 Å². The summed E-state index contributed by atoms with van der Waals surface area (Å²) >= 11 is 0. The third-order valence-electron chi connectivity index (χ3n) is 4.32. The highest BCUT2D eigenvalue weighted by Crippen LogP contribution is 2.17. The van der Waals surface area contributed by atoms with Crippen LogP contribution >= 0.6 is 0 Å². The number of carbonyl (C=O) groups is 2. The highest BCUT2D eigenvalue weighted by molar-refractivity contribution is 5.84. The second kappa shape index (κ2) is 9.39. The third kappa shape index (κ3) is 6.36. The van der Waals surface area contributed by atoms with Crippen molar-refractivity contribution >= 4 is 11.9 Å². The monoisotopic (exact) mass is 351 g/mol. The Morgan fingerprint density at radius 3 is 2.24 bits per heavy atom. The first-order valence-electron chi connectivity index (χ1n) is 8.89. The molecule has 1 amide bonds. The van der Waals surface area contributed by atoms with Gasteiger partial charge in [0.2, 0.25) is 0 Å². The average molecular weight is 351 g/mol. The molecule has 0 bridgehead atoms.